The van der Waals surface area contributed by atoms with E-state index in [1.165, 1.54) is 11.6 Å². The molecule has 0 saturated heterocycles. The Morgan fingerprint density at radius 2 is 1.71 bits per heavy atom. The molecule has 0 aromatic heterocycles. The SMILES string of the molecule is CC.CCCN(C1CCc2cccc(C(F)(F)F)c2C1)C(C)c1ccccc1. The fourth-order valence-electron chi connectivity index (χ4n) is 4.19. The van der Waals surface area contributed by atoms with Gasteiger partial charge in [-0.2, -0.15) is 13.2 Å². The molecule has 0 heterocycles. The van der Waals surface area contributed by atoms with Crippen LogP contribution in [0.1, 0.15) is 68.8 Å². The molecule has 0 amide bonds. The van der Waals surface area contributed by atoms with Crippen molar-refractivity contribution in [2.75, 3.05) is 6.54 Å². The third-order valence-electron chi connectivity index (χ3n) is 5.50. The van der Waals surface area contributed by atoms with Crippen molar-refractivity contribution < 1.29 is 13.2 Å². The second kappa shape index (κ2) is 10.1. The van der Waals surface area contributed by atoms with Crippen LogP contribution in [0.2, 0.25) is 0 Å². The highest BCUT2D eigenvalue weighted by molar-refractivity contribution is 5.39. The van der Waals surface area contributed by atoms with E-state index in [-0.39, 0.29) is 12.1 Å². The molecule has 0 N–H and O–H groups in total. The molecule has 1 aliphatic carbocycles. The van der Waals surface area contributed by atoms with E-state index in [1.54, 1.807) is 6.07 Å². The van der Waals surface area contributed by atoms with Crippen LogP contribution in [0.4, 0.5) is 13.2 Å². The summed E-state index contributed by atoms with van der Waals surface area (Å²) in [4.78, 5) is 2.39. The molecule has 28 heavy (non-hydrogen) atoms. The molecule has 2 aromatic rings. The zero-order valence-electron chi connectivity index (χ0n) is 17.4. The van der Waals surface area contributed by atoms with Crippen LogP contribution in [-0.4, -0.2) is 17.5 Å². The first-order valence-electron chi connectivity index (χ1n) is 10.4. The predicted molar refractivity (Wildman–Crippen MR) is 110 cm³/mol. The average molecular weight is 392 g/mol. The van der Waals surface area contributed by atoms with Crippen LogP contribution < -0.4 is 0 Å². The lowest BCUT2D eigenvalue weighted by Gasteiger charge is -2.40. The van der Waals surface area contributed by atoms with Gasteiger partial charge in [0, 0.05) is 12.1 Å². The summed E-state index contributed by atoms with van der Waals surface area (Å²) in [5.41, 5.74) is 2.12. The van der Waals surface area contributed by atoms with Gasteiger partial charge in [0.05, 0.1) is 5.56 Å². The van der Waals surface area contributed by atoms with Crippen LogP contribution in [0, 0.1) is 0 Å². The van der Waals surface area contributed by atoms with Crippen molar-refractivity contribution in [3.05, 3.63) is 70.8 Å². The van der Waals surface area contributed by atoms with Gasteiger partial charge < -0.3 is 0 Å². The van der Waals surface area contributed by atoms with Gasteiger partial charge in [0.15, 0.2) is 0 Å². The van der Waals surface area contributed by atoms with Crippen molar-refractivity contribution in [3.63, 3.8) is 0 Å². The quantitative estimate of drug-likeness (QED) is 0.527. The smallest absolute Gasteiger partial charge is 0.293 e. The fourth-order valence-corrected chi connectivity index (χ4v) is 4.19. The van der Waals surface area contributed by atoms with Crippen LogP contribution >= 0.6 is 0 Å². The largest absolute Gasteiger partial charge is 0.416 e. The van der Waals surface area contributed by atoms with Crippen molar-refractivity contribution in [1.29, 1.82) is 0 Å². The second-order valence-corrected chi connectivity index (χ2v) is 7.16. The van der Waals surface area contributed by atoms with Crippen molar-refractivity contribution in [2.24, 2.45) is 0 Å². The molecule has 1 nitrogen and oxygen atoms in total. The van der Waals surface area contributed by atoms with Gasteiger partial charge >= 0.3 is 6.18 Å². The van der Waals surface area contributed by atoms with Crippen molar-refractivity contribution in [3.8, 4) is 0 Å². The number of halogens is 3. The van der Waals surface area contributed by atoms with Crippen LogP contribution in [0.3, 0.4) is 0 Å². The Hall–Kier alpha value is -1.81. The molecule has 0 fully saturated rings. The first-order chi connectivity index (χ1) is 13.4. The molecule has 0 radical (unpaired) electrons. The lowest BCUT2D eigenvalue weighted by molar-refractivity contribution is -0.138. The predicted octanol–water partition coefficient (Wildman–Crippen LogP) is 7.06. The third-order valence-corrected chi connectivity index (χ3v) is 5.50. The Bertz CT molecular complexity index is 724. The van der Waals surface area contributed by atoms with E-state index < -0.39 is 11.7 Å². The molecular weight excluding hydrogens is 359 g/mol. The maximum absolute atomic E-state index is 13.5. The van der Waals surface area contributed by atoms with Gasteiger partial charge in [-0.25, -0.2) is 0 Å². The highest BCUT2D eigenvalue weighted by Gasteiger charge is 2.37. The molecule has 0 aliphatic heterocycles. The van der Waals surface area contributed by atoms with Crippen LogP contribution in [0.25, 0.3) is 0 Å². The summed E-state index contributed by atoms with van der Waals surface area (Å²) >= 11 is 0. The van der Waals surface area contributed by atoms with Gasteiger partial charge in [-0.15, -0.1) is 0 Å². The minimum Gasteiger partial charge on any atom is -0.293 e. The van der Waals surface area contributed by atoms with Gasteiger partial charge in [-0.05, 0) is 61.9 Å². The average Bonchev–Trinajstić information content (AvgIpc) is 2.72. The second-order valence-electron chi connectivity index (χ2n) is 7.16. The number of rotatable bonds is 5. The number of benzene rings is 2. The lowest BCUT2D eigenvalue weighted by atomic mass is 9.83. The van der Waals surface area contributed by atoms with Crippen LogP contribution in [-0.2, 0) is 19.0 Å². The highest BCUT2D eigenvalue weighted by atomic mass is 19.4. The number of nitrogens with zero attached hydrogens (tertiary/aromatic N) is 1. The lowest BCUT2D eigenvalue weighted by Crippen LogP contribution is -2.42. The van der Waals surface area contributed by atoms with E-state index in [9.17, 15) is 13.2 Å². The highest BCUT2D eigenvalue weighted by Crippen LogP contribution is 2.38. The topological polar surface area (TPSA) is 3.24 Å². The van der Waals surface area contributed by atoms with E-state index in [4.69, 9.17) is 0 Å². The molecule has 2 unspecified atom stereocenters. The molecular formula is C24H32F3N. The molecule has 2 atom stereocenters. The maximum Gasteiger partial charge on any atom is 0.416 e. The number of aryl methyl sites for hydroxylation is 1. The molecule has 2 aromatic carbocycles. The summed E-state index contributed by atoms with van der Waals surface area (Å²) < 4.78 is 40.4. The van der Waals surface area contributed by atoms with Crippen molar-refractivity contribution in [1.82, 2.24) is 4.90 Å². The standard InChI is InChI=1S/C22H26F3N.C2H6/c1-3-14-26(16(2)17-8-5-4-6-9-17)19-13-12-18-10-7-11-21(20(18)15-19)22(23,24)25;1-2/h4-11,16,19H,3,12-15H2,1-2H3;1-2H3. The van der Waals surface area contributed by atoms with Gasteiger partial charge in [0.1, 0.15) is 0 Å². The molecule has 3 rings (SSSR count). The molecule has 154 valence electrons. The Morgan fingerprint density at radius 1 is 1.04 bits per heavy atom. The summed E-state index contributed by atoms with van der Waals surface area (Å²) in [6.45, 7) is 9.18. The van der Waals surface area contributed by atoms with Gasteiger partial charge in [0.25, 0.3) is 0 Å². The number of alkyl halides is 3. The minimum absolute atomic E-state index is 0.140. The van der Waals surface area contributed by atoms with Gasteiger partial charge in [-0.1, -0.05) is 63.2 Å². The number of hydrogen-bond acceptors (Lipinski definition) is 1. The van der Waals surface area contributed by atoms with Crippen LogP contribution in [0.15, 0.2) is 48.5 Å². The Balaban J connectivity index is 0.00000136. The normalized spacial score (nSPS) is 17.5. The summed E-state index contributed by atoms with van der Waals surface area (Å²) in [5, 5.41) is 0. The zero-order chi connectivity index (χ0) is 20.7. The number of hydrogen-bond donors (Lipinski definition) is 0. The first-order valence-corrected chi connectivity index (χ1v) is 10.4. The molecule has 0 bridgehead atoms. The molecule has 0 saturated carbocycles. The van der Waals surface area contributed by atoms with E-state index in [0.717, 1.165) is 24.9 Å². The summed E-state index contributed by atoms with van der Waals surface area (Å²) in [5.74, 6) is 0. The number of fused-ring (bicyclic) bond motifs is 1. The summed E-state index contributed by atoms with van der Waals surface area (Å²) in [6, 6.07) is 15.2. The fraction of sp³-hybridized carbons (Fsp3) is 0.500. The van der Waals surface area contributed by atoms with E-state index in [0.29, 0.717) is 18.4 Å². The van der Waals surface area contributed by atoms with Crippen LogP contribution in [0.5, 0.6) is 0 Å². The minimum atomic E-state index is -4.28. The van der Waals surface area contributed by atoms with Gasteiger partial charge in [0.2, 0.25) is 0 Å². The maximum atomic E-state index is 13.5. The summed E-state index contributed by atoms with van der Waals surface area (Å²) in [6.07, 6.45) is -1.20. The molecule has 1 aliphatic rings. The zero-order valence-corrected chi connectivity index (χ0v) is 17.4. The van der Waals surface area contributed by atoms with Gasteiger partial charge in [-0.3, -0.25) is 4.90 Å². The van der Waals surface area contributed by atoms with E-state index in [2.05, 4.69) is 30.9 Å². The molecule has 0 spiro atoms. The Labute approximate surface area is 167 Å². The third kappa shape index (κ3) is 5.16. The monoisotopic (exact) mass is 391 g/mol. The van der Waals surface area contributed by atoms with E-state index >= 15 is 0 Å². The first kappa shape index (κ1) is 22.5. The van der Waals surface area contributed by atoms with E-state index in [1.807, 2.05) is 38.1 Å². The van der Waals surface area contributed by atoms with Crippen molar-refractivity contribution in [2.45, 2.75) is 71.6 Å². The molecule has 4 heteroatoms. The Kier molecular flexibility index (Phi) is 8.11. The van der Waals surface area contributed by atoms with Crippen molar-refractivity contribution >= 4 is 0 Å². The summed E-state index contributed by atoms with van der Waals surface area (Å²) in [7, 11) is 0. The Morgan fingerprint density at radius 3 is 2.32 bits per heavy atom.